The average molecular weight is 354 g/mol. The van der Waals surface area contributed by atoms with Crippen LogP contribution in [0.4, 0.5) is 5.69 Å². The smallest absolute Gasteiger partial charge is 0.266 e. The molecule has 1 amide bonds. The number of hydrogen-bond acceptors (Lipinski definition) is 4. The van der Waals surface area contributed by atoms with Crippen molar-refractivity contribution < 1.29 is 4.79 Å². The highest BCUT2D eigenvalue weighted by atomic mass is 79.9. The molecule has 0 radical (unpaired) electrons. The molecule has 1 aromatic heterocycles. The van der Waals surface area contributed by atoms with E-state index in [4.69, 9.17) is 11.5 Å². The number of nitrogens with two attached hydrogens (primary N) is 2. The van der Waals surface area contributed by atoms with Crippen LogP contribution in [0, 0.1) is 0 Å². The van der Waals surface area contributed by atoms with Gasteiger partial charge in [-0.15, -0.1) is 11.3 Å². The second-order valence-corrected chi connectivity index (χ2v) is 7.08. The minimum absolute atomic E-state index is 0.0340. The Balaban J connectivity index is 1.93. The van der Waals surface area contributed by atoms with Crippen LogP contribution in [0.25, 0.3) is 10.1 Å². The third-order valence-corrected chi connectivity index (χ3v) is 5.36. The van der Waals surface area contributed by atoms with Crippen LogP contribution >= 0.6 is 27.3 Å². The molecule has 1 saturated heterocycles. The molecule has 2 heterocycles. The van der Waals surface area contributed by atoms with Crippen molar-refractivity contribution in [2.45, 2.75) is 18.9 Å². The van der Waals surface area contributed by atoms with E-state index in [9.17, 15) is 4.79 Å². The number of nitrogens with zero attached hydrogens (tertiary/aromatic N) is 1. The fourth-order valence-electron chi connectivity index (χ4n) is 2.50. The van der Waals surface area contributed by atoms with Gasteiger partial charge < -0.3 is 16.4 Å². The Morgan fingerprint density at radius 1 is 1.35 bits per heavy atom. The van der Waals surface area contributed by atoms with Gasteiger partial charge in [-0.3, -0.25) is 4.79 Å². The molecule has 2 aromatic rings. The van der Waals surface area contributed by atoms with Crippen LogP contribution < -0.4 is 11.5 Å². The Morgan fingerprint density at radius 3 is 2.75 bits per heavy atom. The topological polar surface area (TPSA) is 72.4 Å². The number of rotatable bonds is 1. The van der Waals surface area contributed by atoms with Crippen molar-refractivity contribution in [3.05, 3.63) is 27.5 Å². The summed E-state index contributed by atoms with van der Waals surface area (Å²) in [5.74, 6) is 0.0340. The SMILES string of the molecule is Nc1c(C(=O)N2CCC(N)CC2)sc2cc(Br)ccc12. The molecule has 1 aliphatic heterocycles. The van der Waals surface area contributed by atoms with Crippen molar-refractivity contribution in [2.24, 2.45) is 5.73 Å². The van der Waals surface area contributed by atoms with Gasteiger partial charge in [-0.2, -0.15) is 0 Å². The van der Waals surface area contributed by atoms with Crippen LogP contribution in [0.5, 0.6) is 0 Å². The maximum absolute atomic E-state index is 12.6. The molecule has 1 fully saturated rings. The maximum Gasteiger partial charge on any atom is 0.266 e. The lowest BCUT2D eigenvalue weighted by atomic mass is 10.1. The minimum Gasteiger partial charge on any atom is -0.397 e. The second kappa shape index (κ2) is 5.35. The highest BCUT2D eigenvalue weighted by Crippen LogP contribution is 2.36. The lowest BCUT2D eigenvalue weighted by Gasteiger charge is -2.29. The number of likely N-dealkylation sites (tertiary alicyclic amines) is 1. The number of nitrogen functional groups attached to an aromatic ring is 1. The third kappa shape index (κ3) is 2.43. The Labute approximate surface area is 129 Å². The van der Waals surface area contributed by atoms with Crippen molar-refractivity contribution in [1.29, 1.82) is 0 Å². The number of halogens is 1. The maximum atomic E-state index is 12.6. The van der Waals surface area contributed by atoms with E-state index >= 15 is 0 Å². The largest absolute Gasteiger partial charge is 0.397 e. The summed E-state index contributed by atoms with van der Waals surface area (Å²) in [5, 5.41) is 0.954. The van der Waals surface area contributed by atoms with Gasteiger partial charge in [0.25, 0.3) is 5.91 Å². The first-order valence-corrected chi connectivity index (χ1v) is 8.19. The summed E-state index contributed by atoms with van der Waals surface area (Å²) in [6.07, 6.45) is 1.73. The van der Waals surface area contributed by atoms with Gasteiger partial charge in [0.2, 0.25) is 0 Å². The van der Waals surface area contributed by atoms with Crippen molar-refractivity contribution >= 4 is 48.9 Å². The molecule has 4 nitrogen and oxygen atoms in total. The van der Waals surface area contributed by atoms with Crippen LogP contribution in [0.2, 0.25) is 0 Å². The van der Waals surface area contributed by atoms with Crippen molar-refractivity contribution in [3.63, 3.8) is 0 Å². The van der Waals surface area contributed by atoms with Gasteiger partial charge in [-0.1, -0.05) is 22.0 Å². The average Bonchev–Trinajstić information content (AvgIpc) is 2.75. The van der Waals surface area contributed by atoms with Crippen LogP contribution in [-0.4, -0.2) is 29.9 Å². The molecule has 1 aromatic carbocycles. The summed E-state index contributed by atoms with van der Waals surface area (Å²) >= 11 is 4.91. The van der Waals surface area contributed by atoms with E-state index in [0.717, 1.165) is 40.5 Å². The summed E-state index contributed by atoms with van der Waals surface area (Å²) in [6.45, 7) is 1.44. The number of amides is 1. The number of benzene rings is 1. The Bertz CT molecular complexity index is 662. The van der Waals surface area contributed by atoms with Crippen LogP contribution in [0.1, 0.15) is 22.5 Å². The van der Waals surface area contributed by atoms with Crippen LogP contribution in [0.3, 0.4) is 0 Å². The summed E-state index contributed by atoms with van der Waals surface area (Å²) in [4.78, 5) is 15.1. The number of hydrogen-bond donors (Lipinski definition) is 2. The van der Waals surface area contributed by atoms with E-state index in [1.807, 2.05) is 23.1 Å². The molecule has 0 saturated carbocycles. The van der Waals surface area contributed by atoms with Crippen molar-refractivity contribution in [1.82, 2.24) is 4.90 Å². The molecule has 4 N–H and O–H groups in total. The Kier molecular flexibility index (Phi) is 3.70. The number of anilines is 1. The van der Waals surface area contributed by atoms with E-state index in [1.165, 1.54) is 11.3 Å². The van der Waals surface area contributed by atoms with Gasteiger partial charge in [-0.25, -0.2) is 0 Å². The van der Waals surface area contributed by atoms with E-state index in [1.54, 1.807) is 0 Å². The summed E-state index contributed by atoms with van der Waals surface area (Å²) in [5.41, 5.74) is 12.6. The molecule has 106 valence electrons. The number of thiophene rings is 1. The summed E-state index contributed by atoms with van der Waals surface area (Å²) < 4.78 is 2.03. The third-order valence-electron chi connectivity index (χ3n) is 3.71. The zero-order valence-corrected chi connectivity index (χ0v) is 13.3. The lowest BCUT2D eigenvalue weighted by molar-refractivity contribution is 0.0720. The highest BCUT2D eigenvalue weighted by molar-refractivity contribution is 9.10. The monoisotopic (exact) mass is 353 g/mol. The molecule has 0 aliphatic carbocycles. The molecule has 0 spiro atoms. The van der Waals surface area contributed by atoms with E-state index < -0.39 is 0 Å². The predicted molar refractivity (Wildman–Crippen MR) is 87.1 cm³/mol. The first-order valence-electron chi connectivity index (χ1n) is 6.58. The van der Waals surface area contributed by atoms with Gasteiger partial charge in [0.05, 0.1) is 5.69 Å². The quantitative estimate of drug-likeness (QED) is 0.827. The molecule has 0 atom stereocenters. The van der Waals surface area contributed by atoms with Gasteiger partial charge in [0.15, 0.2) is 0 Å². The van der Waals surface area contributed by atoms with Crippen LogP contribution in [0.15, 0.2) is 22.7 Å². The van der Waals surface area contributed by atoms with Crippen LogP contribution in [-0.2, 0) is 0 Å². The van der Waals surface area contributed by atoms with Gasteiger partial charge >= 0.3 is 0 Å². The zero-order chi connectivity index (χ0) is 14.3. The minimum atomic E-state index is 0.0340. The highest BCUT2D eigenvalue weighted by Gasteiger charge is 2.25. The van der Waals surface area contributed by atoms with E-state index in [0.29, 0.717) is 10.6 Å². The zero-order valence-electron chi connectivity index (χ0n) is 10.9. The Hall–Kier alpha value is -1.11. The number of piperidine rings is 1. The first-order chi connectivity index (χ1) is 9.56. The fraction of sp³-hybridized carbons (Fsp3) is 0.357. The summed E-state index contributed by atoms with van der Waals surface area (Å²) in [7, 11) is 0. The molecule has 20 heavy (non-hydrogen) atoms. The lowest BCUT2D eigenvalue weighted by Crippen LogP contribution is -2.42. The summed E-state index contributed by atoms with van der Waals surface area (Å²) in [6, 6.07) is 6.11. The molecule has 6 heteroatoms. The van der Waals surface area contributed by atoms with Gasteiger partial charge in [-0.05, 0) is 25.0 Å². The predicted octanol–water partition coefficient (Wildman–Crippen LogP) is 2.81. The normalized spacial score (nSPS) is 16.8. The molecule has 0 bridgehead atoms. The molecular weight excluding hydrogens is 338 g/mol. The number of carbonyl (C=O) groups is 1. The molecule has 0 unspecified atom stereocenters. The fourth-order valence-corrected chi connectivity index (χ4v) is 4.14. The van der Waals surface area contributed by atoms with Gasteiger partial charge in [0.1, 0.15) is 4.88 Å². The molecule has 1 aliphatic rings. The first kappa shape index (κ1) is 13.9. The van der Waals surface area contributed by atoms with Crippen molar-refractivity contribution in [3.8, 4) is 0 Å². The number of carbonyl (C=O) groups excluding carboxylic acids is 1. The van der Waals surface area contributed by atoms with Crippen molar-refractivity contribution in [2.75, 3.05) is 18.8 Å². The molecular formula is C14H16BrN3OS. The van der Waals surface area contributed by atoms with E-state index in [2.05, 4.69) is 15.9 Å². The standard InChI is InChI=1S/C14H16BrN3OS/c15-8-1-2-10-11(7-8)20-13(12(10)17)14(19)18-5-3-9(16)4-6-18/h1-2,7,9H,3-6,16-17H2. The van der Waals surface area contributed by atoms with Gasteiger partial charge in [0, 0.05) is 33.7 Å². The Morgan fingerprint density at radius 2 is 2.05 bits per heavy atom. The number of fused-ring (bicyclic) bond motifs is 1. The van der Waals surface area contributed by atoms with E-state index in [-0.39, 0.29) is 11.9 Å². The second-order valence-electron chi connectivity index (χ2n) is 5.11. The molecule has 3 rings (SSSR count).